The van der Waals surface area contributed by atoms with E-state index in [9.17, 15) is 8.42 Å². The van der Waals surface area contributed by atoms with E-state index in [1.807, 2.05) is 6.07 Å². The fourth-order valence-corrected chi connectivity index (χ4v) is 4.85. The Hall–Kier alpha value is 0.570. The van der Waals surface area contributed by atoms with E-state index in [1.165, 1.54) is 17.6 Å². The maximum Gasteiger partial charge on any atom is 0.149 e. The first-order valence-electron chi connectivity index (χ1n) is 3.67. The van der Waals surface area contributed by atoms with Gasteiger partial charge in [-0.15, -0.1) is 11.3 Å². The summed E-state index contributed by atoms with van der Waals surface area (Å²) in [5.41, 5.74) is 6.60. The number of sulfone groups is 1. The van der Waals surface area contributed by atoms with E-state index in [1.54, 1.807) is 0 Å². The van der Waals surface area contributed by atoms with Crippen molar-refractivity contribution >= 4 is 53.0 Å². The van der Waals surface area contributed by atoms with Gasteiger partial charge in [-0.2, -0.15) is 0 Å². The highest BCUT2D eigenvalue weighted by Gasteiger charge is 2.17. The molecular formula is C7H9Br2NO2S2. The smallest absolute Gasteiger partial charge is 0.149 e. The standard InChI is InChI=1S/C7H9Br2NO2S2/c1-14(11,12)3-5(10)4-2-6(8)13-7(4)9/h2,5H,3,10H2,1H3. The summed E-state index contributed by atoms with van der Waals surface area (Å²) < 4.78 is 23.9. The molecule has 14 heavy (non-hydrogen) atoms. The Labute approximate surface area is 104 Å². The monoisotopic (exact) mass is 361 g/mol. The summed E-state index contributed by atoms with van der Waals surface area (Å²) in [6.45, 7) is 0. The fourth-order valence-electron chi connectivity index (χ4n) is 1.02. The largest absolute Gasteiger partial charge is 0.323 e. The van der Waals surface area contributed by atoms with Crippen LogP contribution in [-0.4, -0.2) is 20.4 Å². The van der Waals surface area contributed by atoms with Crippen molar-refractivity contribution in [3.8, 4) is 0 Å². The molecule has 1 aromatic heterocycles. The first-order valence-corrected chi connectivity index (χ1v) is 8.14. The number of hydrogen-bond acceptors (Lipinski definition) is 4. The molecule has 2 N–H and O–H groups in total. The number of nitrogens with two attached hydrogens (primary N) is 1. The van der Waals surface area contributed by atoms with Crippen LogP contribution >= 0.6 is 43.2 Å². The van der Waals surface area contributed by atoms with Crippen LogP contribution in [-0.2, 0) is 9.84 Å². The van der Waals surface area contributed by atoms with Crippen LogP contribution in [0.4, 0.5) is 0 Å². The molecule has 0 amide bonds. The average Bonchev–Trinajstić information content (AvgIpc) is 2.26. The number of thiophene rings is 1. The van der Waals surface area contributed by atoms with Crippen molar-refractivity contribution in [1.29, 1.82) is 0 Å². The topological polar surface area (TPSA) is 60.2 Å². The van der Waals surface area contributed by atoms with E-state index in [4.69, 9.17) is 5.73 Å². The first kappa shape index (κ1) is 12.6. The summed E-state index contributed by atoms with van der Waals surface area (Å²) in [4.78, 5) is 0. The van der Waals surface area contributed by atoms with Crippen molar-refractivity contribution in [2.24, 2.45) is 5.73 Å². The molecule has 0 fully saturated rings. The summed E-state index contributed by atoms with van der Waals surface area (Å²) in [5, 5.41) is 0. The zero-order chi connectivity index (χ0) is 10.9. The molecule has 0 aromatic carbocycles. The van der Waals surface area contributed by atoms with Gasteiger partial charge < -0.3 is 5.73 Å². The zero-order valence-electron chi connectivity index (χ0n) is 7.33. The quantitative estimate of drug-likeness (QED) is 0.897. The molecule has 1 rings (SSSR count). The molecule has 0 aliphatic heterocycles. The molecule has 1 aromatic rings. The van der Waals surface area contributed by atoms with Crippen molar-refractivity contribution in [2.45, 2.75) is 6.04 Å². The normalized spacial score (nSPS) is 14.3. The second-order valence-corrected chi connectivity index (χ2v) is 8.91. The van der Waals surface area contributed by atoms with Gasteiger partial charge in [0, 0.05) is 12.3 Å². The minimum absolute atomic E-state index is 0.0330. The third-order valence-electron chi connectivity index (χ3n) is 1.56. The molecule has 80 valence electrons. The third kappa shape index (κ3) is 3.62. The summed E-state index contributed by atoms with van der Waals surface area (Å²) in [5.74, 6) is -0.0330. The summed E-state index contributed by atoms with van der Waals surface area (Å²) in [6, 6.07) is 1.37. The highest BCUT2D eigenvalue weighted by Crippen LogP contribution is 2.35. The maximum atomic E-state index is 11.0. The van der Waals surface area contributed by atoms with E-state index < -0.39 is 15.9 Å². The molecule has 0 saturated heterocycles. The molecule has 0 aliphatic rings. The van der Waals surface area contributed by atoms with Crippen molar-refractivity contribution in [1.82, 2.24) is 0 Å². The lowest BCUT2D eigenvalue weighted by Crippen LogP contribution is -2.20. The molecule has 1 atom stereocenters. The van der Waals surface area contributed by atoms with Crippen LogP contribution in [0, 0.1) is 0 Å². The summed E-state index contributed by atoms with van der Waals surface area (Å²) in [7, 11) is -3.04. The highest BCUT2D eigenvalue weighted by atomic mass is 79.9. The molecule has 0 saturated carbocycles. The molecule has 3 nitrogen and oxygen atoms in total. The predicted octanol–water partition coefficient (Wildman–Crippen LogP) is 2.32. The number of rotatable bonds is 3. The Morgan fingerprint density at radius 1 is 1.57 bits per heavy atom. The Balaban J connectivity index is 2.90. The molecule has 1 unspecified atom stereocenters. The second kappa shape index (κ2) is 4.61. The van der Waals surface area contributed by atoms with Crippen LogP contribution in [0.2, 0.25) is 0 Å². The molecule has 0 spiro atoms. The van der Waals surface area contributed by atoms with Crippen molar-refractivity contribution < 1.29 is 8.42 Å². The molecule has 7 heteroatoms. The molecular weight excluding hydrogens is 354 g/mol. The number of halogens is 2. The van der Waals surface area contributed by atoms with E-state index in [2.05, 4.69) is 31.9 Å². The minimum Gasteiger partial charge on any atom is -0.323 e. The molecule has 0 bridgehead atoms. The van der Waals surface area contributed by atoms with Gasteiger partial charge in [0.15, 0.2) is 0 Å². The lowest BCUT2D eigenvalue weighted by molar-refractivity contribution is 0.594. The molecule has 1 heterocycles. The highest BCUT2D eigenvalue weighted by molar-refractivity contribution is 9.12. The van der Waals surface area contributed by atoms with E-state index >= 15 is 0 Å². The van der Waals surface area contributed by atoms with Gasteiger partial charge in [0.05, 0.1) is 13.3 Å². The Morgan fingerprint density at radius 3 is 2.50 bits per heavy atom. The number of hydrogen-bond donors (Lipinski definition) is 1. The Bertz CT molecular complexity index is 427. The summed E-state index contributed by atoms with van der Waals surface area (Å²) in [6.07, 6.45) is 1.18. The zero-order valence-corrected chi connectivity index (χ0v) is 12.1. The maximum absolute atomic E-state index is 11.0. The van der Waals surface area contributed by atoms with Crippen LogP contribution in [0.15, 0.2) is 13.6 Å². The van der Waals surface area contributed by atoms with E-state index in [0.29, 0.717) is 0 Å². The average molecular weight is 363 g/mol. The minimum atomic E-state index is -3.04. The van der Waals surface area contributed by atoms with Crippen molar-refractivity contribution in [3.05, 3.63) is 19.2 Å². The third-order valence-corrected chi connectivity index (χ3v) is 4.92. The second-order valence-electron chi connectivity index (χ2n) is 2.98. The van der Waals surface area contributed by atoms with Crippen LogP contribution < -0.4 is 5.73 Å². The van der Waals surface area contributed by atoms with Gasteiger partial charge in [-0.25, -0.2) is 8.42 Å². The lowest BCUT2D eigenvalue weighted by Gasteiger charge is -2.08. The van der Waals surface area contributed by atoms with Crippen LogP contribution in [0.5, 0.6) is 0 Å². The predicted molar refractivity (Wildman–Crippen MR) is 66.4 cm³/mol. The van der Waals surface area contributed by atoms with Gasteiger partial charge in [-0.05, 0) is 43.5 Å². The van der Waals surface area contributed by atoms with Gasteiger partial charge in [0.2, 0.25) is 0 Å². The van der Waals surface area contributed by atoms with Crippen LogP contribution in [0.1, 0.15) is 11.6 Å². The SMILES string of the molecule is CS(=O)(=O)CC(N)c1cc(Br)sc1Br. The van der Waals surface area contributed by atoms with Crippen molar-refractivity contribution in [2.75, 3.05) is 12.0 Å². The molecule has 0 aliphatic carbocycles. The van der Waals surface area contributed by atoms with Crippen LogP contribution in [0.3, 0.4) is 0 Å². The van der Waals surface area contributed by atoms with Gasteiger partial charge in [0.25, 0.3) is 0 Å². The van der Waals surface area contributed by atoms with E-state index in [-0.39, 0.29) is 5.75 Å². The molecule has 0 radical (unpaired) electrons. The van der Waals surface area contributed by atoms with Gasteiger partial charge in [0.1, 0.15) is 9.84 Å². The fraction of sp³-hybridized carbons (Fsp3) is 0.429. The lowest BCUT2D eigenvalue weighted by atomic mass is 10.2. The van der Waals surface area contributed by atoms with Crippen molar-refractivity contribution in [3.63, 3.8) is 0 Å². The van der Waals surface area contributed by atoms with E-state index in [0.717, 1.165) is 13.1 Å². The Kier molecular flexibility index (Phi) is 4.16. The van der Waals surface area contributed by atoms with Crippen LogP contribution in [0.25, 0.3) is 0 Å². The summed E-state index contributed by atoms with van der Waals surface area (Å²) >= 11 is 8.14. The van der Waals surface area contributed by atoms with Gasteiger partial charge in [-0.3, -0.25) is 0 Å². The Morgan fingerprint density at radius 2 is 2.14 bits per heavy atom. The van der Waals surface area contributed by atoms with Gasteiger partial charge in [-0.1, -0.05) is 0 Å². The van der Waals surface area contributed by atoms with Gasteiger partial charge >= 0.3 is 0 Å². The first-order chi connectivity index (χ1) is 6.29.